The molecule has 19 heavy (non-hydrogen) atoms. The molecule has 0 bridgehead atoms. The molecule has 0 saturated carbocycles. The molecule has 0 N–H and O–H groups in total. The standard InChI is InChI=1S/C14H9Br3O2/c15-11-3-1-2-9(4-11)8-19-14-12(16)5-10(7-18)6-13(14)17/h1-7H,8H2. The monoisotopic (exact) mass is 446 g/mol. The fourth-order valence-corrected chi connectivity index (χ4v) is 3.47. The Morgan fingerprint density at radius 2 is 1.74 bits per heavy atom. The average Bonchev–Trinajstić information content (AvgIpc) is 2.37. The van der Waals surface area contributed by atoms with Gasteiger partial charge in [0.2, 0.25) is 0 Å². The highest BCUT2D eigenvalue weighted by atomic mass is 79.9. The summed E-state index contributed by atoms with van der Waals surface area (Å²) in [7, 11) is 0. The summed E-state index contributed by atoms with van der Waals surface area (Å²) in [6.45, 7) is 0.455. The van der Waals surface area contributed by atoms with E-state index in [-0.39, 0.29) is 0 Å². The molecular weight excluding hydrogens is 440 g/mol. The minimum absolute atomic E-state index is 0.455. The highest BCUT2D eigenvalue weighted by Gasteiger charge is 2.09. The van der Waals surface area contributed by atoms with E-state index in [1.165, 1.54) is 0 Å². The highest BCUT2D eigenvalue weighted by Crippen LogP contribution is 2.35. The Hall–Kier alpha value is -0.650. The molecule has 0 atom stereocenters. The van der Waals surface area contributed by atoms with E-state index in [0.29, 0.717) is 17.9 Å². The molecule has 5 heteroatoms. The molecule has 0 spiro atoms. The van der Waals surface area contributed by atoms with Crippen molar-refractivity contribution in [1.29, 1.82) is 0 Å². The maximum Gasteiger partial charge on any atom is 0.150 e. The number of halogens is 3. The lowest BCUT2D eigenvalue weighted by atomic mass is 10.2. The Labute approximate surface area is 136 Å². The van der Waals surface area contributed by atoms with Crippen molar-refractivity contribution >= 4 is 54.1 Å². The second-order valence-electron chi connectivity index (χ2n) is 3.85. The van der Waals surface area contributed by atoms with Crippen molar-refractivity contribution in [3.63, 3.8) is 0 Å². The Kier molecular flexibility index (Phi) is 5.19. The summed E-state index contributed by atoms with van der Waals surface area (Å²) in [4.78, 5) is 10.8. The Morgan fingerprint density at radius 1 is 1.05 bits per heavy atom. The van der Waals surface area contributed by atoms with Crippen LogP contribution in [0.2, 0.25) is 0 Å². The van der Waals surface area contributed by atoms with Crippen molar-refractivity contribution in [2.24, 2.45) is 0 Å². The van der Waals surface area contributed by atoms with Crippen molar-refractivity contribution < 1.29 is 9.53 Å². The van der Waals surface area contributed by atoms with Crippen LogP contribution >= 0.6 is 47.8 Å². The van der Waals surface area contributed by atoms with E-state index in [2.05, 4.69) is 47.8 Å². The van der Waals surface area contributed by atoms with Gasteiger partial charge in [-0.2, -0.15) is 0 Å². The molecule has 0 aromatic heterocycles. The van der Waals surface area contributed by atoms with E-state index in [9.17, 15) is 4.79 Å². The minimum Gasteiger partial charge on any atom is -0.487 e. The van der Waals surface area contributed by atoms with Gasteiger partial charge in [-0.05, 0) is 61.7 Å². The van der Waals surface area contributed by atoms with E-state index >= 15 is 0 Å². The molecule has 98 valence electrons. The van der Waals surface area contributed by atoms with Crippen molar-refractivity contribution in [1.82, 2.24) is 0 Å². The number of benzene rings is 2. The number of hydrogen-bond acceptors (Lipinski definition) is 2. The van der Waals surface area contributed by atoms with Crippen LogP contribution in [-0.2, 0) is 6.61 Å². The van der Waals surface area contributed by atoms with Crippen LogP contribution < -0.4 is 4.74 Å². The zero-order chi connectivity index (χ0) is 13.8. The van der Waals surface area contributed by atoms with E-state index in [1.807, 2.05) is 24.3 Å². The minimum atomic E-state index is 0.455. The van der Waals surface area contributed by atoms with Crippen LogP contribution in [0.5, 0.6) is 5.75 Å². The number of rotatable bonds is 4. The largest absolute Gasteiger partial charge is 0.487 e. The lowest BCUT2D eigenvalue weighted by Crippen LogP contribution is -1.97. The van der Waals surface area contributed by atoms with Gasteiger partial charge >= 0.3 is 0 Å². The van der Waals surface area contributed by atoms with Gasteiger partial charge in [-0.1, -0.05) is 28.1 Å². The average molecular weight is 449 g/mol. The highest BCUT2D eigenvalue weighted by molar-refractivity contribution is 9.11. The van der Waals surface area contributed by atoms with Crippen LogP contribution in [0.15, 0.2) is 49.8 Å². The van der Waals surface area contributed by atoms with Gasteiger partial charge in [0.05, 0.1) is 8.95 Å². The van der Waals surface area contributed by atoms with Crippen molar-refractivity contribution in [3.05, 3.63) is 60.9 Å². The maximum atomic E-state index is 10.8. The predicted octanol–water partition coefficient (Wildman–Crippen LogP) is 5.37. The van der Waals surface area contributed by atoms with Gasteiger partial charge < -0.3 is 4.74 Å². The summed E-state index contributed by atoms with van der Waals surface area (Å²) in [5.74, 6) is 0.686. The van der Waals surface area contributed by atoms with Gasteiger partial charge in [-0.15, -0.1) is 0 Å². The fraction of sp³-hybridized carbons (Fsp3) is 0.0714. The molecule has 2 aromatic carbocycles. The quantitative estimate of drug-likeness (QED) is 0.588. The van der Waals surface area contributed by atoms with Gasteiger partial charge in [-0.25, -0.2) is 0 Å². The van der Waals surface area contributed by atoms with E-state index in [1.54, 1.807) is 12.1 Å². The molecule has 0 fully saturated rings. The summed E-state index contributed by atoms with van der Waals surface area (Å²) in [6.07, 6.45) is 0.799. The molecule has 0 unspecified atom stereocenters. The Morgan fingerprint density at radius 3 is 2.32 bits per heavy atom. The lowest BCUT2D eigenvalue weighted by Gasteiger charge is -2.11. The zero-order valence-corrected chi connectivity index (χ0v) is 14.5. The molecule has 0 aliphatic heterocycles. The summed E-state index contributed by atoms with van der Waals surface area (Å²) < 4.78 is 8.29. The SMILES string of the molecule is O=Cc1cc(Br)c(OCc2cccc(Br)c2)c(Br)c1. The molecule has 0 aliphatic rings. The van der Waals surface area contributed by atoms with Gasteiger partial charge in [0, 0.05) is 10.0 Å². The molecule has 2 aromatic rings. The third kappa shape index (κ3) is 3.91. The third-order valence-electron chi connectivity index (χ3n) is 2.43. The van der Waals surface area contributed by atoms with E-state index in [4.69, 9.17) is 4.74 Å². The van der Waals surface area contributed by atoms with Crippen LogP contribution in [-0.4, -0.2) is 6.29 Å². The maximum absolute atomic E-state index is 10.8. The first-order chi connectivity index (χ1) is 9.10. The van der Waals surface area contributed by atoms with Crippen molar-refractivity contribution in [3.8, 4) is 5.75 Å². The smallest absolute Gasteiger partial charge is 0.150 e. The van der Waals surface area contributed by atoms with Crippen LogP contribution in [0.1, 0.15) is 15.9 Å². The number of aldehydes is 1. The molecule has 2 rings (SSSR count). The summed E-state index contributed by atoms with van der Waals surface area (Å²) in [5, 5.41) is 0. The molecule has 2 nitrogen and oxygen atoms in total. The van der Waals surface area contributed by atoms with Gasteiger partial charge in [0.15, 0.2) is 0 Å². The first kappa shape index (κ1) is 14.8. The third-order valence-corrected chi connectivity index (χ3v) is 4.10. The van der Waals surface area contributed by atoms with Crippen molar-refractivity contribution in [2.45, 2.75) is 6.61 Å². The Bertz CT molecular complexity index is 588. The van der Waals surface area contributed by atoms with Crippen LogP contribution in [0.3, 0.4) is 0 Å². The van der Waals surface area contributed by atoms with E-state index in [0.717, 1.165) is 25.3 Å². The normalized spacial score (nSPS) is 10.3. The second-order valence-corrected chi connectivity index (χ2v) is 6.47. The molecular formula is C14H9Br3O2. The van der Waals surface area contributed by atoms with Gasteiger partial charge in [0.1, 0.15) is 18.6 Å². The van der Waals surface area contributed by atoms with Crippen LogP contribution in [0.25, 0.3) is 0 Å². The lowest BCUT2D eigenvalue weighted by molar-refractivity contribution is 0.112. The first-order valence-electron chi connectivity index (χ1n) is 5.41. The summed E-state index contributed by atoms with van der Waals surface area (Å²) in [5.41, 5.74) is 1.65. The number of carbonyl (C=O) groups is 1. The fourth-order valence-electron chi connectivity index (χ4n) is 1.57. The molecule has 0 amide bonds. The summed E-state index contributed by atoms with van der Waals surface area (Å²) >= 11 is 10.2. The molecule has 0 radical (unpaired) electrons. The van der Waals surface area contributed by atoms with E-state index < -0.39 is 0 Å². The molecule has 0 saturated heterocycles. The predicted molar refractivity (Wildman–Crippen MR) is 85.7 cm³/mol. The van der Waals surface area contributed by atoms with Gasteiger partial charge in [0.25, 0.3) is 0 Å². The van der Waals surface area contributed by atoms with Crippen molar-refractivity contribution in [2.75, 3.05) is 0 Å². The van der Waals surface area contributed by atoms with Gasteiger partial charge in [-0.3, -0.25) is 4.79 Å². The molecule has 0 aliphatic carbocycles. The number of carbonyl (C=O) groups excluding carboxylic acids is 1. The molecule has 0 heterocycles. The second kappa shape index (κ2) is 6.68. The van der Waals surface area contributed by atoms with Crippen LogP contribution in [0.4, 0.5) is 0 Å². The first-order valence-corrected chi connectivity index (χ1v) is 7.79. The topological polar surface area (TPSA) is 26.3 Å². The van der Waals surface area contributed by atoms with Crippen LogP contribution in [0, 0.1) is 0 Å². The zero-order valence-electron chi connectivity index (χ0n) is 9.70. The number of hydrogen-bond donors (Lipinski definition) is 0. The Balaban J connectivity index is 2.18. The number of ether oxygens (including phenoxy) is 1. The summed E-state index contributed by atoms with van der Waals surface area (Å²) in [6, 6.07) is 11.4.